The molecular formula is C54H62N2O7. The van der Waals surface area contributed by atoms with Gasteiger partial charge in [-0.3, -0.25) is 9.59 Å². The van der Waals surface area contributed by atoms with Crippen molar-refractivity contribution in [1.29, 1.82) is 0 Å². The largest absolute Gasteiger partial charge is 0.504 e. The minimum absolute atomic E-state index is 0.0224. The fourth-order valence-electron chi connectivity index (χ4n) is 10.1. The topological polar surface area (TPSA) is 140 Å². The number of ether oxygens (including phenoxy) is 3. The number of phenolic OH excluding ortho intramolecular Hbond substituents is 2. The third-order valence-corrected chi connectivity index (χ3v) is 13.4. The Kier molecular flexibility index (Phi) is 13.3. The van der Waals surface area contributed by atoms with Crippen molar-refractivity contribution >= 4 is 28.6 Å². The van der Waals surface area contributed by atoms with Crippen molar-refractivity contribution in [3.63, 3.8) is 0 Å². The van der Waals surface area contributed by atoms with Gasteiger partial charge in [-0.2, -0.15) is 0 Å². The minimum atomic E-state index is -0.727. The van der Waals surface area contributed by atoms with E-state index >= 15 is 0 Å². The van der Waals surface area contributed by atoms with Crippen LogP contribution in [0.2, 0.25) is 0 Å². The van der Waals surface area contributed by atoms with Gasteiger partial charge in [-0.05, 0) is 141 Å². The molecule has 0 bridgehead atoms. The average molecular weight is 851 g/mol. The molecule has 0 amide bonds. The number of aromatic hydroxyl groups is 2. The fourth-order valence-corrected chi connectivity index (χ4v) is 10.1. The Hall–Kier alpha value is -5.96. The molecule has 0 aliphatic heterocycles. The smallest absolute Gasteiger partial charge is 0.200 e. The molecule has 5 N–H and O–H groups in total. The number of nitrogens with two attached hydrogens (primary N) is 1. The Bertz CT molecular complexity index is 2410. The van der Waals surface area contributed by atoms with Gasteiger partial charge < -0.3 is 35.5 Å². The molecule has 0 saturated heterocycles. The lowest BCUT2D eigenvalue weighted by Gasteiger charge is -2.28. The van der Waals surface area contributed by atoms with Crippen LogP contribution in [0.4, 0.5) is 17.1 Å². The molecule has 2 fully saturated rings. The Morgan fingerprint density at radius 3 is 1.52 bits per heavy atom. The van der Waals surface area contributed by atoms with E-state index in [-0.39, 0.29) is 45.1 Å². The van der Waals surface area contributed by atoms with Crippen LogP contribution in [-0.4, -0.2) is 28.4 Å². The quantitative estimate of drug-likeness (QED) is 0.0587. The number of nitrogen functional groups attached to an aromatic ring is 1. The van der Waals surface area contributed by atoms with Crippen LogP contribution in [0, 0.1) is 17.8 Å². The SMILES string of the molecule is CCCC1CCC(c2ccc(Oc3cc(N)c4c(c3O)C(=O)c3c(Nc5ccc(OCC(C)C)cc5)cc(Oc5ccc(C6CCC(CCC)CC6)cc5)c(O)c3C4=O)cc2)CC1. The molecule has 5 aromatic rings. The van der Waals surface area contributed by atoms with Gasteiger partial charge in [-0.15, -0.1) is 0 Å². The highest BCUT2D eigenvalue weighted by molar-refractivity contribution is 6.34. The lowest BCUT2D eigenvalue weighted by atomic mass is 9.77. The maximum Gasteiger partial charge on any atom is 0.200 e. The first-order valence-electron chi connectivity index (χ1n) is 23.2. The molecule has 0 unspecified atom stereocenters. The predicted molar refractivity (Wildman–Crippen MR) is 250 cm³/mol. The predicted octanol–water partition coefficient (Wildman–Crippen LogP) is 14.0. The maximum atomic E-state index is 14.8. The molecule has 3 aliphatic carbocycles. The Labute approximate surface area is 372 Å². The van der Waals surface area contributed by atoms with Gasteiger partial charge in [0.25, 0.3) is 0 Å². The zero-order chi connectivity index (χ0) is 44.2. The van der Waals surface area contributed by atoms with E-state index < -0.39 is 23.1 Å². The molecule has 3 aliphatic rings. The van der Waals surface area contributed by atoms with Crippen LogP contribution in [0.3, 0.4) is 0 Å². The molecule has 9 heteroatoms. The van der Waals surface area contributed by atoms with E-state index in [1.165, 1.54) is 74.6 Å². The monoisotopic (exact) mass is 850 g/mol. The van der Waals surface area contributed by atoms with Crippen molar-refractivity contribution in [3.05, 3.63) is 118 Å². The lowest BCUT2D eigenvalue weighted by molar-refractivity contribution is 0.0974. The van der Waals surface area contributed by atoms with E-state index in [0.717, 1.165) is 37.5 Å². The van der Waals surface area contributed by atoms with Crippen molar-refractivity contribution < 1.29 is 34.0 Å². The maximum absolute atomic E-state index is 14.8. The molecule has 0 radical (unpaired) electrons. The summed E-state index contributed by atoms with van der Waals surface area (Å²) in [6, 6.07) is 25.8. The fraction of sp³-hybridized carbons (Fsp3) is 0.407. The second-order valence-corrected chi connectivity index (χ2v) is 18.5. The third-order valence-electron chi connectivity index (χ3n) is 13.4. The number of anilines is 3. The van der Waals surface area contributed by atoms with Crippen molar-refractivity contribution in [2.75, 3.05) is 17.7 Å². The molecule has 2 saturated carbocycles. The van der Waals surface area contributed by atoms with E-state index in [9.17, 15) is 19.8 Å². The second-order valence-electron chi connectivity index (χ2n) is 18.5. The average Bonchev–Trinajstić information content (AvgIpc) is 3.28. The van der Waals surface area contributed by atoms with Crippen LogP contribution in [0.5, 0.6) is 40.2 Å². The van der Waals surface area contributed by atoms with Gasteiger partial charge in [0, 0.05) is 23.5 Å². The van der Waals surface area contributed by atoms with Crippen molar-refractivity contribution in [1.82, 2.24) is 0 Å². The van der Waals surface area contributed by atoms with Crippen molar-refractivity contribution in [2.24, 2.45) is 17.8 Å². The Morgan fingerprint density at radius 1 is 0.603 bits per heavy atom. The number of fused-ring (bicyclic) bond motifs is 2. The summed E-state index contributed by atoms with van der Waals surface area (Å²) >= 11 is 0. The molecule has 9 nitrogen and oxygen atoms in total. The first kappa shape index (κ1) is 43.7. The third kappa shape index (κ3) is 9.53. The minimum Gasteiger partial charge on any atom is -0.504 e. The van der Waals surface area contributed by atoms with Gasteiger partial charge in [-0.1, -0.05) is 77.6 Å². The van der Waals surface area contributed by atoms with Gasteiger partial charge in [0.15, 0.2) is 23.0 Å². The number of benzene rings is 5. The summed E-state index contributed by atoms with van der Waals surface area (Å²) in [6.07, 6.45) is 14.6. The van der Waals surface area contributed by atoms with Gasteiger partial charge in [0.1, 0.15) is 17.2 Å². The van der Waals surface area contributed by atoms with E-state index in [1.54, 1.807) is 12.1 Å². The number of carbonyl (C=O) groups is 2. The van der Waals surface area contributed by atoms with E-state index in [1.807, 2.05) is 36.4 Å². The molecule has 330 valence electrons. The van der Waals surface area contributed by atoms with Gasteiger partial charge in [0.05, 0.1) is 34.5 Å². The summed E-state index contributed by atoms with van der Waals surface area (Å²) in [5.74, 6) is 2.02. The van der Waals surface area contributed by atoms with Gasteiger partial charge >= 0.3 is 0 Å². The molecule has 0 atom stereocenters. The van der Waals surface area contributed by atoms with Crippen LogP contribution < -0.4 is 25.3 Å². The second kappa shape index (κ2) is 19.2. The van der Waals surface area contributed by atoms with E-state index in [2.05, 4.69) is 57.3 Å². The molecule has 63 heavy (non-hydrogen) atoms. The van der Waals surface area contributed by atoms with Crippen molar-refractivity contribution in [2.45, 2.75) is 117 Å². The van der Waals surface area contributed by atoms with E-state index in [4.69, 9.17) is 19.9 Å². The van der Waals surface area contributed by atoms with Crippen LogP contribution >= 0.6 is 0 Å². The lowest BCUT2D eigenvalue weighted by Crippen LogP contribution is -2.24. The summed E-state index contributed by atoms with van der Waals surface area (Å²) < 4.78 is 18.4. The van der Waals surface area contributed by atoms with E-state index in [0.29, 0.717) is 47.3 Å². The summed E-state index contributed by atoms with van der Waals surface area (Å²) in [5.41, 5.74) is 8.86. The molecule has 5 aromatic carbocycles. The highest BCUT2D eigenvalue weighted by Gasteiger charge is 2.41. The standard InChI is InChI=1S/C54H62N2O7/c1-5-7-33-9-13-35(14-10-33)37-17-23-41(24-18-37)62-45-29-43(55)47-49(51(45)57)54(60)48-44(56-39-21-27-40(28-22-39)61-31-32(3)4)30-46(52(58)50(48)53(47)59)63-42-25-19-38(20-26-42)36-15-11-34(8-6-2)12-16-36/h17-30,32-36,56-58H,5-16,31,55H2,1-4H3. The number of hydrogen-bond acceptors (Lipinski definition) is 9. The van der Waals surface area contributed by atoms with Crippen LogP contribution in [0.15, 0.2) is 84.9 Å². The van der Waals surface area contributed by atoms with Gasteiger partial charge in [-0.25, -0.2) is 0 Å². The van der Waals surface area contributed by atoms with Crippen LogP contribution in [0.25, 0.3) is 0 Å². The number of nitrogens with one attached hydrogen (secondary N) is 1. The molecule has 0 aromatic heterocycles. The first-order chi connectivity index (χ1) is 30.5. The summed E-state index contributed by atoms with van der Waals surface area (Å²) in [4.78, 5) is 29.3. The molecular weight excluding hydrogens is 789 g/mol. The normalized spacial score (nSPS) is 19.6. The van der Waals surface area contributed by atoms with Crippen LogP contribution in [-0.2, 0) is 0 Å². The number of carbonyl (C=O) groups excluding carboxylic acids is 2. The molecule has 0 spiro atoms. The highest BCUT2D eigenvalue weighted by Crippen LogP contribution is 2.50. The Morgan fingerprint density at radius 2 is 1.05 bits per heavy atom. The highest BCUT2D eigenvalue weighted by atomic mass is 16.5. The van der Waals surface area contributed by atoms with Crippen LogP contribution in [0.1, 0.15) is 160 Å². The number of phenols is 2. The summed E-state index contributed by atoms with van der Waals surface area (Å²) in [7, 11) is 0. The number of rotatable bonds is 15. The zero-order valence-corrected chi connectivity index (χ0v) is 37.2. The molecule has 0 heterocycles. The molecule has 8 rings (SSSR count). The summed E-state index contributed by atoms with van der Waals surface area (Å²) in [6.45, 7) is 9.21. The first-order valence-corrected chi connectivity index (χ1v) is 23.2. The number of hydrogen-bond donors (Lipinski definition) is 4. The zero-order valence-electron chi connectivity index (χ0n) is 37.2. The van der Waals surface area contributed by atoms with Crippen molar-refractivity contribution in [3.8, 4) is 40.2 Å². The van der Waals surface area contributed by atoms with Gasteiger partial charge in [0.2, 0.25) is 11.6 Å². The Balaban J connectivity index is 1.09. The summed E-state index contributed by atoms with van der Waals surface area (Å²) in [5, 5.41) is 26.9. The number of ketones is 2.